The van der Waals surface area contributed by atoms with Gasteiger partial charge in [-0.25, -0.2) is 27.5 Å². The number of carbonyl (C=O) groups excluding carboxylic acids is 2. The zero-order valence-electron chi connectivity index (χ0n) is 15.5. The van der Waals surface area contributed by atoms with Gasteiger partial charge >= 0.3 is 17.7 Å². The smallest absolute Gasteiger partial charge is 0.388 e. The summed E-state index contributed by atoms with van der Waals surface area (Å²) in [7, 11) is -2.21. The van der Waals surface area contributed by atoms with Gasteiger partial charge < -0.3 is 9.57 Å². The average molecular weight is 430 g/mol. The van der Waals surface area contributed by atoms with Crippen LogP contribution in [0.1, 0.15) is 22.8 Å². The van der Waals surface area contributed by atoms with Crippen LogP contribution in [0.4, 0.5) is 4.79 Å². The number of amides is 1. The van der Waals surface area contributed by atoms with Crippen LogP contribution < -0.4 is 15.2 Å². The first-order valence-electron chi connectivity index (χ1n) is 7.82. The van der Waals surface area contributed by atoms with E-state index in [1.165, 1.54) is 32.2 Å². The molecule has 1 N–H and O–H groups in total. The zero-order valence-corrected chi connectivity index (χ0v) is 17.1. The first-order valence-corrected chi connectivity index (χ1v) is 10.3. The zero-order chi connectivity index (χ0) is 21.1. The first-order chi connectivity index (χ1) is 13.2. The Balaban J connectivity index is 2.48. The molecule has 2 aromatic rings. The average Bonchev–Trinajstić information content (AvgIpc) is 2.96. The normalized spacial score (nSPS) is 11.1. The maximum absolute atomic E-state index is 12.8. The van der Waals surface area contributed by atoms with Crippen LogP contribution in [-0.4, -0.2) is 54.9 Å². The number of esters is 1. The number of sulfonamides is 1. The molecule has 0 spiro atoms. The summed E-state index contributed by atoms with van der Waals surface area (Å²) in [6.45, 7) is 3.25. The molecule has 0 saturated heterocycles. The van der Waals surface area contributed by atoms with Crippen LogP contribution in [0.2, 0.25) is 0 Å². The number of ether oxygens (including phenoxy) is 1. The van der Waals surface area contributed by atoms with E-state index in [0.717, 1.165) is 23.6 Å². The molecule has 28 heavy (non-hydrogen) atoms. The van der Waals surface area contributed by atoms with Crippen molar-refractivity contribution in [2.24, 2.45) is 0 Å². The van der Waals surface area contributed by atoms with E-state index in [-0.39, 0.29) is 16.3 Å². The third-order valence-electron chi connectivity index (χ3n) is 3.47. The second-order valence-electron chi connectivity index (χ2n) is 5.24. The number of aromatic nitrogens is 3. The fourth-order valence-corrected chi connectivity index (χ4v) is 4.35. The molecular weight excluding hydrogens is 412 g/mol. The van der Waals surface area contributed by atoms with Gasteiger partial charge in [0.25, 0.3) is 10.0 Å². The van der Waals surface area contributed by atoms with Crippen LogP contribution in [0.3, 0.4) is 0 Å². The Kier molecular flexibility index (Phi) is 6.51. The summed E-state index contributed by atoms with van der Waals surface area (Å²) < 4.78 is 32.9. The second-order valence-corrected chi connectivity index (χ2v) is 8.09. The number of carbonyl (C=O) groups is 2. The predicted molar refractivity (Wildman–Crippen MR) is 99.0 cm³/mol. The largest absolute Gasteiger partial charge is 0.465 e. The molecule has 0 aliphatic rings. The van der Waals surface area contributed by atoms with Gasteiger partial charge in [0.2, 0.25) is 5.16 Å². The maximum atomic E-state index is 12.8. The Bertz CT molecular complexity index is 1070. The minimum absolute atomic E-state index is 0.0775. The van der Waals surface area contributed by atoms with E-state index in [1.807, 2.05) is 0 Å². The number of hydrogen-bond acceptors (Lipinski definition) is 9. The van der Waals surface area contributed by atoms with Crippen molar-refractivity contribution < 1.29 is 27.6 Å². The highest BCUT2D eigenvalue weighted by Gasteiger charge is 2.29. The monoisotopic (exact) mass is 430 g/mol. The van der Waals surface area contributed by atoms with E-state index >= 15 is 0 Å². The summed E-state index contributed by atoms with van der Waals surface area (Å²) in [5.74, 6) is -0.357. The molecule has 1 amide bonds. The van der Waals surface area contributed by atoms with Crippen molar-refractivity contribution in [2.45, 2.75) is 23.9 Å². The van der Waals surface area contributed by atoms with Gasteiger partial charge in [-0.05, 0) is 24.3 Å². The number of aryl methyl sites for hydroxylation is 1. The fraction of sp³-hybridized carbons (Fsp3) is 0.333. The van der Waals surface area contributed by atoms with Crippen LogP contribution in [-0.2, 0) is 14.8 Å². The number of nitrogens with zero attached hydrogens (tertiary/aromatic N) is 3. The highest BCUT2D eigenvalue weighted by Crippen LogP contribution is 2.21. The van der Waals surface area contributed by atoms with Gasteiger partial charge in [-0.1, -0.05) is 30.8 Å². The number of thioether (sulfide) groups is 1. The summed E-state index contributed by atoms with van der Waals surface area (Å²) in [4.78, 5) is 41.0. The highest BCUT2D eigenvalue weighted by molar-refractivity contribution is 7.99. The second kappa shape index (κ2) is 8.48. The number of benzene rings is 1. The van der Waals surface area contributed by atoms with E-state index in [0.29, 0.717) is 10.4 Å². The van der Waals surface area contributed by atoms with Crippen molar-refractivity contribution in [1.82, 2.24) is 19.2 Å². The third kappa shape index (κ3) is 4.04. The molecule has 0 unspecified atom stereocenters. The number of nitrogens with one attached hydrogen (secondary N) is 1. The molecule has 1 aromatic carbocycles. The summed E-state index contributed by atoms with van der Waals surface area (Å²) in [5.41, 5.74) is -1.02. The van der Waals surface area contributed by atoms with Crippen LogP contribution in [0.5, 0.6) is 0 Å². The van der Waals surface area contributed by atoms with Crippen molar-refractivity contribution in [1.29, 1.82) is 0 Å². The molecule has 13 heteroatoms. The number of hydrogen-bond donors (Lipinski definition) is 1. The van der Waals surface area contributed by atoms with Gasteiger partial charge in [-0.2, -0.15) is 0 Å². The molecule has 152 valence electrons. The minimum Gasteiger partial charge on any atom is -0.465 e. The van der Waals surface area contributed by atoms with E-state index in [4.69, 9.17) is 4.84 Å². The Morgan fingerprint density at radius 1 is 1.29 bits per heavy atom. The van der Waals surface area contributed by atoms with Crippen LogP contribution >= 0.6 is 11.8 Å². The predicted octanol–water partition coefficient (Wildman–Crippen LogP) is 0.257. The Labute approximate surface area is 164 Å². The Morgan fingerprint density at radius 2 is 1.96 bits per heavy atom. The molecule has 0 fully saturated rings. The molecule has 0 radical (unpaired) electrons. The molecule has 0 atom stereocenters. The number of methoxy groups -OCH3 is 1. The molecular formula is C15H18N4O7S2. The van der Waals surface area contributed by atoms with Gasteiger partial charge in [-0.15, -0.1) is 14.5 Å². The van der Waals surface area contributed by atoms with Crippen molar-refractivity contribution in [3.8, 4) is 0 Å². The van der Waals surface area contributed by atoms with Crippen molar-refractivity contribution in [2.75, 3.05) is 20.0 Å². The third-order valence-corrected chi connectivity index (χ3v) is 5.79. The maximum Gasteiger partial charge on any atom is 0.388 e. The summed E-state index contributed by atoms with van der Waals surface area (Å²) >= 11 is 1.12. The van der Waals surface area contributed by atoms with Crippen molar-refractivity contribution >= 4 is 33.8 Å². The first kappa shape index (κ1) is 21.5. The Morgan fingerprint density at radius 3 is 2.54 bits per heavy atom. The van der Waals surface area contributed by atoms with Gasteiger partial charge in [0.1, 0.15) is 12.0 Å². The summed E-state index contributed by atoms with van der Waals surface area (Å²) in [6.07, 6.45) is 0. The quantitative estimate of drug-likeness (QED) is 0.505. The lowest BCUT2D eigenvalue weighted by atomic mass is 10.1. The van der Waals surface area contributed by atoms with E-state index in [9.17, 15) is 22.8 Å². The topological polar surface area (TPSA) is 139 Å². The minimum atomic E-state index is -4.52. The van der Waals surface area contributed by atoms with Gasteiger partial charge in [0.15, 0.2) is 0 Å². The van der Waals surface area contributed by atoms with Crippen LogP contribution in [0.25, 0.3) is 0 Å². The lowest BCUT2D eigenvalue weighted by molar-refractivity contribution is 0.0596. The molecule has 1 heterocycles. The van der Waals surface area contributed by atoms with Crippen LogP contribution in [0.15, 0.2) is 33.0 Å². The van der Waals surface area contributed by atoms with Gasteiger partial charge in [-0.3, -0.25) is 0 Å². The van der Waals surface area contributed by atoms with Crippen molar-refractivity contribution in [3.63, 3.8) is 0 Å². The lowest BCUT2D eigenvalue weighted by Gasteiger charge is -2.12. The van der Waals surface area contributed by atoms with Gasteiger partial charge in [0.05, 0.1) is 12.7 Å². The molecule has 0 aliphatic carbocycles. The van der Waals surface area contributed by atoms with E-state index in [2.05, 4.69) is 9.84 Å². The van der Waals surface area contributed by atoms with E-state index in [1.54, 1.807) is 11.6 Å². The number of rotatable bonds is 6. The SMILES string of the molecule is CCSc1nn(C(=O)NS(=O)(=O)c2c(C)cccc2C(=O)OC)c(=O)n1OC. The molecule has 0 saturated carbocycles. The Hall–Kier alpha value is -2.80. The van der Waals surface area contributed by atoms with Crippen molar-refractivity contribution in [3.05, 3.63) is 39.8 Å². The summed E-state index contributed by atoms with van der Waals surface area (Å²) in [6, 6.07) is 2.85. The molecule has 0 bridgehead atoms. The fourth-order valence-electron chi connectivity index (χ4n) is 2.33. The lowest BCUT2D eigenvalue weighted by Crippen LogP contribution is -2.41. The molecule has 0 aliphatic heterocycles. The molecule has 1 aromatic heterocycles. The summed E-state index contributed by atoms with van der Waals surface area (Å²) in [5, 5.41) is 3.86. The molecule has 11 nitrogen and oxygen atoms in total. The standard InChI is InChI=1S/C15H18N4O7S2/c1-5-27-14-16-18(15(22)19(14)26-4)13(21)17-28(23,24)11-9(2)7-6-8-10(11)12(20)25-3/h6-8H,5H2,1-4H3,(H,17,21). The molecule has 2 rings (SSSR count). The van der Waals surface area contributed by atoms with Gasteiger partial charge in [0, 0.05) is 0 Å². The highest BCUT2D eigenvalue weighted by atomic mass is 32.2. The van der Waals surface area contributed by atoms with E-state index < -0.39 is 32.6 Å². The van der Waals surface area contributed by atoms with Crippen LogP contribution in [0, 0.1) is 6.92 Å².